The van der Waals surface area contributed by atoms with Crippen LogP contribution in [0.25, 0.3) is 5.57 Å². The van der Waals surface area contributed by atoms with Gasteiger partial charge in [0.15, 0.2) is 0 Å². The predicted octanol–water partition coefficient (Wildman–Crippen LogP) is 2.76. The standard InChI is InChI=1S/C11H12N2/c1-9(13)7-11(8-12)10-5-3-2-4-6-10/h2-8,12-13H,1H3/b11-7+,12-8?,13-9?. The molecule has 0 heterocycles. The van der Waals surface area contributed by atoms with Gasteiger partial charge in [0, 0.05) is 17.5 Å². The van der Waals surface area contributed by atoms with Crippen LogP contribution in [0.15, 0.2) is 36.4 Å². The van der Waals surface area contributed by atoms with Gasteiger partial charge in [0.25, 0.3) is 0 Å². The zero-order chi connectivity index (χ0) is 9.68. The van der Waals surface area contributed by atoms with Crippen molar-refractivity contribution in [1.29, 1.82) is 10.8 Å². The number of rotatable bonds is 3. The second-order valence-corrected chi connectivity index (χ2v) is 2.79. The number of allylic oxidation sites excluding steroid dienone is 2. The summed E-state index contributed by atoms with van der Waals surface area (Å²) < 4.78 is 0. The van der Waals surface area contributed by atoms with E-state index in [1.807, 2.05) is 30.3 Å². The Morgan fingerprint density at radius 3 is 2.31 bits per heavy atom. The van der Waals surface area contributed by atoms with Crippen LogP contribution in [0.5, 0.6) is 0 Å². The van der Waals surface area contributed by atoms with Crippen molar-refractivity contribution < 1.29 is 0 Å². The minimum atomic E-state index is 0.461. The molecule has 1 aromatic carbocycles. The Labute approximate surface area is 77.9 Å². The van der Waals surface area contributed by atoms with Crippen LogP contribution in [-0.2, 0) is 0 Å². The fraction of sp³-hybridized carbons (Fsp3) is 0.0909. The molecule has 0 fully saturated rings. The van der Waals surface area contributed by atoms with Crippen molar-refractivity contribution in [2.45, 2.75) is 6.92 Å². The number of hydrogen-bond acceptors (Lipinski definition) is 2. The molecule has 2 heteroatoms. The van der Waals surface area contributed by atoms with Crippen molar-refractivity contribution in [3.05, 3.63) is 42.0 Å². The van der Waals surface area contributed by atoms with Gasteiger partial charge >= 0.3 is 0 Å². The third-order valence-electron chi connectivity index (χ3n) is 1.63. The van der Waals surface area contributed by atoms with E-state index in [4.69, 9.17) is 10.8 Å². The summed E-state index contributed by atoms with van der Waals surface area (Å²) in [4.78, 5) is 0. The van der Waals surface area contributed by atoms with E-state index in [2.05, 4.69) is 0 Å². The van der Waals surface area contributed by atoms with E-state index in [0.29, 0.717) is 5.71 Å². The average molecular weight is 172 g/mol. The van der Waals surface area contributed by atoms with Gasteiger partial charge in [-0.2, -0.15) is 0 Å². The Hall–Kier alpha value is -1.70. The van der Waals surface area contributed by atoms with Crippen LogP contribution in [-0.4, -0.2) is 11.9 Å². The predicted molar refractivity (Wildman–Crippen MR) is 56.6 cm³/mol. The maximum atomic E-state index is 7.30. The molecule has 66 valence electrons. The fourth-order valence-corrected chi connectivity index (χ4v) is 1.07. The van der Waals surface area contributed by atoms with Crippen LogP contribution >= 0.6 is 0 Å². The highest BCUT2D eigenvalue weighted by Crippen LogP contribution is 2.10. The molecule has 0 atom stereocenters. The fourth-order valence-electron chi connectivity index (χ4n) is 1.07. The van der Waals surface area contributed by atoms with Gasteiger partial charge in [-0.15, -0.1) is 0 Å². The first-order chi connectivity index (χ1) is 6.24. The smallest absolute Gasteiger partial charge is 0.0289 e. The lowest BCUT2D eigenvalue weighted by Gasteiger charge is -1.99. The van der Waals surface area contributed by atoms with Crippen molar-refractivity contribution in [1.82, 2.24) is 0 Å². The summed E-state index contributed by atoms with van der Waals surface area (Å²) >= 11 is 0. The Morgan fingerprint density at radius 2 is 1.85 bits per heavy atom. The molecule has 1 aromatic rings. The molecule has 13 heavy (non-hydrogen) atoms. The summed E-state index contributed by atoms with van der Waals surface area (Å²) in [6, 6.07) is 9.64. The molecular weight excluding hydrogens is 160 g/mol. The lowest BCUT2D eigenvalue weighted by atomic mass is 10.1. The molecule has 2 N–H and O–H groups in total. The Bertz CT molecular complexity index is 336. The summed E-state index contributed by atoms with van der Waals surface area (Å²) in [7, 11) is 0. The lowest BCUT2D eigenvalue weighted by molar-refractivity contribution is 1.49. The van der Waals surface area contributed by atoms with E-state index in [0.717, 1.165) is 11.1 Å². The molecule has 0 radical (unpaired) electrons. The van der Waals surface area contributed by atoms with E-state index < -0.39 is 0 Å². The van der Waals surface area contributed by atoms with E-state index in [1.54, 1.807) is 13.0 Å². The van der Waals surface area contributed by atoms with E-state index in [1.165, 1.54) is 6.21 Å². The maximum Gasteiger partial charge on any atom is 0.0289 e. The van der Waals surface area contributed by atoms with E-state index in [9.17, 15) is 0 Å². The Kier molecular flexibility index (Phi) is 3.15. The normalized spacial score (nSPS) is 11.0. The van der Waals surface area contributed by atoms with Crippen LogP contribution in [0, 0.1) is 10.8 Å². The molecule has 0 aliphatic rings. The van der Waals surface area contributed by atoms with Crippen LogP contribution in [0.1, 0.15) is 12.5 Å². The zero-order valence-corrected chi connectivity index (χ0v) is 7.54. The van der Waals surface area contributed by atoms with Crippen LogP contribution in [0.2, 0.25) is 0 Å². The van der Waals surface area contributed by atoms with Crippen LogP contribution in [0.3, 0.4) is 0 Å². The van der Waals surface area contributed by atoms with Gasteiger partial charge in [0.1, 0.15) is 0 Å². The highest BCUT2D eigenvalue weighted by molar-refractivity contribution is 6.15. The molecule has 0 spiro atoms. The number of hydrogen-bond donors (Lipinski definition) is 2. The molecule has 0 amide bonds. The van der Waals surface area contributed by atoms with Gasteiger partial charge in [0.05, 0.1) is 0 Å². The lowest BCUT2D eigenvalue weighted by Crippen LogP contribution is -1.89. The first kappa shape index (κ1) is 9.39. The molecule has 0 aliphatic heterocycles. The Balaban J connectivity index is 3.05. The minimum absolute atomic E-state index is 0.461. The second-order valence-electron chi connectivity index (χ2n) is 2.79. The quantitative estimate of drug-likeness (QED) is 0.659. The van der Waals surface area contributed by atoms with Crippen molar-refractivity contribution in [2.24, 2.45) is 0 Å². The van der Waals surface area contributed by atoms with Crippen molar-refractivity contribution in [3.63, 3.8) is 0 Å². The first-order valence-electron chi connectivity index (χ1n) is 4.07. The van der Waals surface area contributed by atoms with Gasteiger partial charge in [-0.3, -0.25) is 0 Å². The molecule has 0 saturated heterocycles. The SMILES string of the molecule is CC(=N)/C=C(\C=N)c1ccccc1. The number of benzene rings is 1. The third-order valence-corrected chi connectivity index (χ3v) is 1.63. The van der Waals surface area contributed by atoms with Gasteiger partial charge in [-0.25, -0.2) is 0 Å². The third kappa shape index (κ3) is 2.67. The summed E-state index contributed by atoms with van der Waals surface area (Å²) in [5, 5.41) is 14.5. The van der Waals surface area contributed by atoms with Gasteiger partial charge < -0.3 is 10.8 Å². The topological polar surface area (TPSA) is 47.7 Å². The first-order valence-corrected chi connectivity index (χ1v) is 4.07. The minimum Gasteiger partial charge on any atom is -0.308 e. The number of nitrogens with one attached hydrogen (secondary N) is 2. The average Bonchev–Trinajstić information content (AvgIpc) is 2.15. The largest absolute Gasteiger partial charge is 0.308 e. The summed E-state index contributed by atoms with van der Waals surface area (Å²) in [5.74, 6) is 0. The maximum absolute atomic E-state index is 7.30. The Morgan fingerprint density at radius 1 is 1.23 bits per heavy atom. The molecule has 0 aliphatic carbocycles. The van der Waals surface area contributed by atoms with E-state index in [-0.39, 0.29) is 0 Å². The molecule has 0 aromatic heterocycles. The highest BCUT2D eigenvalue weighted by atomic mass is 14.4. The van der Waals surface area contributed by atoms with Crippen molar-refractivity contribution in [3.8, 4) is 0 Å². The van der Waals surface area contributed by atoms with Crippen molar-refractivity contribution >= 4 is 17.5 Å². The van der Waals surface area contributed by atoms with E-state index >= 15 is 0 Å². The van der Waals surface area contributed by atoms with Gasteiger partial charge in [0.2, 0.25) is 0 Å². The molecular formula is C11H12N2. The second kappa shape index (κ2) is 4.36. The highest BCUT2D eigenvalue weighted by Gasteiger charge is 1.96. The zero-order valence-electron chi connectivity index (χ0n) is 7.54. The van der Waals surface area contributed by atoms with Crippen LogP contribution in [0.4, 0.5) is 0 Å². The summed E-state index contributed by atoms with van der Waals surface area (Å²) in [5.41, 5.74) is 2.21. The van der Waals surface area contributed by atoms with Gasteiger partial charge in [-0.05, 0) is 18.6 Å². The molecule has 2 nitrogen and oxygen atoms in total. The molecule has 0 bridgehead atoms. The van der Waals surface area contributed by atoms with Gasteiger partial charge in [-0.1, -0.05) is 30.3 Å². The summed E-state index contributed by atoms with van der Waals surface area (Å²) in [6.45, 7) is 1.70. The molecule has 0 unspecified atom stereocenters. The summed E-state index contributed by atoms with van der Waals surface area (Å²) in [6.07, 6.45) is 2.95. The van der Waals surface area contributed by atoms with Crippen LogP contribution < -0.4 is 0 Å². The van der Waals surface area contributed by atoms with Crippen molar-refractivity contribution in [2.75, 3.05) is 0 Å². The molecule has 0 saturated carbocycles. The monoisotopic (exact) mass is 172 g/mol. The molecule has 1 rings (SSSR count).